The van der Waals surface area contributed by atoms with Gasteiger partial charge in [-0.05, 0) is 54.5 Å². The molecule has 0 aliphatic rings. The number of aliphatic imine (C=N–C) groups is 1. The van der Waals surface area contributed by atoms with Gasteiger partial charge < -0.3 is 9.47 Å². The minimum absolute atomic E-state index is 0.307. The molecule has 0 radical (unpaired) electrons. The molecule has 0 unspecified atom stereocenters. The first-order valence-electron chi connectivity index (χ1n) is 8.69. The normalized spacial score (nSPS) is 10.6. The lowest BCUT2D eigenvalue weighted by Crippen LogP contribution is -2.04. The molecule has 0 N–H and O–H groups in total. The van der Waals surface area contributed by atoms with Crippen LogP contribution in [0.15, 0.2) is 83.9 Å². The van der Waals surface area contributed by atoms with E-state index in [2.05, 4.69) is 16.8 Å². The van der Waals surface area contributed by atoms with Crippen molar-refractivity contribution in [1.82, 2.24) is 0 Å². The van der Waals surface area contributed by atoms with Gasteiger partial charge >= 0.3 is 0 Å². The Morgan fingerprint density at radius 3 is 2.21 bits per heavy atom. The van der Waals surface area contributed by atoms with Gasteiger partial charge in [-0.1, -0.05) is 36.3 Å². The van der Waals surface area contributed by atoms with Crippen LogP contribution in [0.1, 0.15) is 21.5 Å². The Morgan fingerprint density at radius 1 is 0.857 bits per heavy atom. The van der Waals surface area contributed by atoms with E-state index in [-0.39, 0.29) is 5.78 Å². The van der Waals surface area contributed by atoms with Crippen molar-refractivity contribution >= 4 is 17.4 Å². The SMILES string of the molecule is COC(=Nc1ccccc1C(=O)C#Cc1ccc(OC)cc1)c1ccccc1. The molecule has 3 rings (SSSR count). The first-order valence-corrected chi connectivity index (χ1v) is 8.69. The fourth-order valence-electron chi connectivity index (χ4n) is 2.55. The van der Waals surface area contributed by atoms with Crippen LogP contribution in [-0.2, 0) is 4.74 Å². The highest BCUT2D eigenvalue weighted by molar-refractivity contribution is 6.13. The molecular formula is C24H19NO3. The Morgan fingerprint density at radius 2 is 1.54 bits per heavy atom. The van der Waals surface area contributed by atoms with E-state index in [1.54, 1.807) is 44.6 Å². The predicted molar refractivity (Wildman–Crippen MR) is 110 cm³/mol. The lowest BCUT2D eigenvalue weighted by atomic mass is 10.1. The Hall–Kier alpha value is -3.84. The van der Waals surface area contributed by atoms with Crippen LogP contribution in [0.2, 0.25) is 0 Å². The Bertz CT molecular complexity index is 1040. The Kier molecular flexibility index (Phi) is 6.22. The summed E-state index contributed by atoms with van der Waals surface area (Å²) in [6.45, 7) is 0. The number of carbonyl (C=O) groups excluding carboxylic acids is 1. The summed E-state index contributed by atoms with van der Waals surface area (Å²) in [6.07, 6.45) is 0. The van der Waals surface area contributed by atoms with Gasteiger partial charge in [0.2, 0.25) is 11.7 Å². The van der Waals surface area contributed by atoms with Crippen LogP contribution < -0.4 is 4.74 Å². The average molecular weight is 369 g/mol. The number of ketones is 1. The Balaban J connectivity index is 1.90. The van der Waals surface area contributed by atoms with Crippen LogP contribution >= 0.6 is 0 Å². The van der Waals surface area contributed by atoms with E-state index < -0.39 is 0 Å². The van der Waals surface area contributed by atoms with Crippen LogP contribution in [0.3, 0.4) is 0 Å². The molecule has 3 aromatic carbocycles. The van der Waals surface area contributed by atoms with E-state index in [4.69, 9.17) is 9.47 Å². The van der Waals surface area contributed by atoms with Gasteiger partial charge in [0.1, 0.15) is 5.75 Å². The molecule has 0 bridgehead atoms. The van der Waals surface area contributed by atoms with E-state index in [1.165, 1.54) is 0 Å². The first kappa shape index (κ1) is 18.9. The van der Waals surface area contributed by atoms with Gasteiger partial charge in [0.25, 0.3) is 0 Å². The van der Waals surface area contributed by atoms with E-state index in [0.717, 1.165) is 16.9 Å². The summed E-state index contributed by atoms with van der Waals surface area (Å²) in [5.74, 6) is 6.44. The molecule has 0 saturated carbocycles. The maximum Gasteiger partial charge on any atom is 0.238 e. The predicted octanol–water partition coefficient (Wildman–Crippen LogP) is 4.65. The third-order valence-corrected chi connectivity index (χ3v) is 4.00. The first-order chi connectivity index (χ1) is 13.7. The molecular weight excluding hydrogens is 350 g/mol. The summed E-state index contributed by atoms with van der Waals surface area (Å²) in [5, 5.41) is 0. The molecule has 0 amide bonds. The van der Waals surface area contributed by atoms with Crippen molar-refractivity contribution in [2.24, 2.45) is 4.99 Å². The number of benzene rings is 3. The van der Waals surface area contributed by atoms with Crippen LogP contribution in [0, 0.1) is 11.8 Å². The monoisotopic (exact) mass is 369 g/mol. The van der Waals surface area contributed by atoms with Crippen molar-refractivity contribution in [3.63, 3.8) is 0 Å². The van der Waals surface area contributed by atoms with Crippen molar-refractivity contribution < 1.29 is 14.3 Å². The van der Waals surface area contributed by atoms with Crippen molar-refractivity contribution in [1.29, 1.82) is 0 Å². The number of hydrogen-bond acceptors (Lipinski definition) is 4. The lowest BCUT2D eigenvalue weighted by Gasteiger charge is -2.07. The van der Waals surface area contributed by atoms with E-state index >= 15 is 0 Å². The highest BCUT2D eigenvalue weighted by atomic mass is 16.5. The third-order valence-electron chi connectivity index (χ3n) is 4.00. The summed E-state index contributed by atoms with van der Waals surface area (Å²) in [7, 11) is 3.16. The molecule has 0 spiro atoms. The molecule has 4 heteroatoms. The zero-order valence-electron chi connectivity index (χ0n) is 15.7. The summed E-state index contributed by atoms with van der Waals surface area (Å²) >= 11 is 0. The third kappa shape index (κ3) is 4.66. The number of Topliss-reactive ketones (excluding diaryl/α,β-unsaturated/α-hetero) is 1. The number of methoxy groups -OCH3 is 2. The molecule has 4 nitrogen and oxygen atoms in total. The maximum absolute atomic E-state index is 12.7. The molecule has 3 aromatic rings. The largest absolute Gasteiger partial charge is 0.497 e. The molecule has 28 heavy (non-hydrogen) atoms. The summed E-state index contributed by atoms with van der Waals surface area (Å²) in [4.78, 5) is 17.2. The second-order valence-electron chi connectivity index (χ2n) is 5.81. The highest BCUT2D eigenvalue weighted by Gasteiger charge is 2.10. The van der Waals surface area contributed by atoms with Crippen LogP contribution in [-0.4, -0.2) is 25.9 Å². The van der Waals surface area contributed by atoms with Crippen LogP contribution in [0.4, 0.5) is 5.69 Å². The minimum Gasteiger partial charge on any atom is -0.497 e. The fraction of sp³-hybridized carbons (Fsp3) is 0.0833. The van der Waals surface area contributed by atoms with Crippen molar-refractivity contribution in [2.75, 3.05) is 14.2 Å². The second-order valence-corrected chi connectivity index (χ2v) is 5.81. The van der Waals surface area contributed by atoms with Crippen molar-refractivity contribution in [3.8, 4) is 17.6 Å². The fourth-order valence-corrected chi connectivity index (χ4v) is 2.55. The zero-order valence-corrected chi connectivity index (χ0v) is 15.7. The van der Waals surface area contributed by atoms with Gasteiger partial charge in [-0.2, -0.15) is 0 Å². The number of ether oxygens (including phenoxy) is 2. The molecule has 0 fully saturated rings. The molecule has 0 aliphatic carbocycles. The average Bonchev–Trinajstić information content (AvgIpc) is 2.77. The maximum atomic E-state index is 12.7. The lowest BCUT2D eigenvalue weighted by molar-refractivity contribution is 0.105. The van der Waals surface area contributed by atoms with E-state index in [0.29, 0.717) is 17.1 Å². The number of rotatable bonds is 4. The number of carbonyl (C=O) groups is 1. The summed E-state index contributed by atoms with van der Waals surface area (Å²) in [5.41, 5.74) is 2.50. The van der Waals surface area contributed by atoms with Gasteiger partial charge in [0.05, 0.1) is 25.5 Å². The zero-order chi connectivity index (χ0) is 19.8. The molecule has 0 aliphatic heterocycles. The second kappa shape index (κ2) is 9.20. The minimum atomic E-state index is -0.307. The standard InChI is InChI=1S/C24H19NO3/c1-27-20-15-12-18(13-16-20)14-17-23(26)21-10-6-7-11-22(21)25-24(28-2)19-8-4-3-5-9-19/h3-13,15-16H,1-2H3. The summed E-state index contributed by atoms with van der Waals surface area (Å²) < 4.78 is 10.5. The van der Waals surface area contributed by atoms with Gasteiger partial charge in [-0.3, -0.25) is 4.79 Å². The number of para-hydroxylation sites is 1. The molecule has 138 valence electrons. The molecule has 0 heterocycles. The van der Waals surface area contributed by atoms with Gasteiger partial charge in [0.15, 0.2) is 0 Å². The molecule has 0 atom stereocenters. The number of hydrogen-bond donors (Lipinski definition) is 0. The molecule has 0 aromatic heterocycles. The van der Waals surface area contributed by atoms with Crippen LogP contribution in [0.25, 0.3) is 0 Å². The van der Waals surface area contributed by atoms with E-state index in [9.17, 15) is 4.79 Å². The highest BCUT2D eigenvalue weighted by Crippen LogP contribution is 2.21. The topological polar surface area (TPSA) is 47.9 Å². The quantitative estimate of drug-likeness (QED) is 0.291. The smallest absolute Gasteiger partial charge is 0.238 e. The van der Waals surface area contributed by atoms with E-state index in [1.807, 2.05) is 48.5 Å². The summed E-state index contributed by atoms with van der Waals surface area (Å²) in [6, 6.07) is 23.8. The van der Waals surface area contributed by atoms with Gasteiger partial charge in [-0.15, -0.1) is 0 Å². The van der Waals surface area contributed by atoms with Gasteiger partial charge in [-0.25, -0.2) is 4.99 Å². The van der Waals surface area contributed by atoms with Crippen molar-refractivity contribution in [3.05, 3.63) is 95.6 Å². The molecule has 0 saturated heterocycles. The Labute approximate surface area is 164 Å². The van der Waals surface area contributed by atoms with Crippen molar-refractivity contribution in [2.45, 2.75) is 0 Å². The van der Waals surface area contributed by atoms with Gasteiger partial charge in [0, 0.05) is 11.1 Å². The number of nitrogens with zero attached hydrogens (tertiary/aromatic N) is 1. The van der Waals surface area contributed by atoms with Crippen LogP contribution in [0.5, 0.6) is 5.75 Å².